The molecule has 0 saturated carbocycles. The molecule has 0 aromatic heterocycles. The monoisotopic (exact) mass is 407 g/mol. The number of hydrogen-bond acceptors (Lipinski definition) is 3. The van der Waals surface area contributed by atoms with Crippen molar-refractivity contribution in [2.45, 2.75) is 19.8 Å². The zero-order valence-corrected chi connectivity index (χ0v) is 15.7. The third-order valence-electron chi connectivity index (χ3n) is 3.36. The van der Waals surface area contributed by atoms with E-state index in [4.69, 9.17) is 11.6 Å². The molecule has 126 valence electrons. The van der Waals surface area contributed by atoms with E-state index in [-0.39, 0.29) is 12.5 Å². The second-order valence-corrected chi connectivity index (χ2v) is 6.64. The molecule has 2 aromatic rings. The minimum atomic E-state index is -0.198. The van der Waals surface area contributed by atoms with Gasteiger partial charge in [-0.05, 0) is 59.5 Å². The lowest BCUT2D eigenvalue weighted by molar-refractivity contribution is -0.119. The molecule has 0 aliphatic carbocycles. The Labute approximate surface area is 155 Å². The van der Waals surface area contributed by atoms with Gasteiger partial charge in [0, 0.05) is 20.9 Å². The van der Waals surface area contributed by atoms with E-state index >= 15 is 0 Å². The Morgan fingerprint density at radius 1 is 1.21 bits per heavy atom. The Balaban J connectivity index is 1.75. The molecule has 0 atom stereocenters. The first-order valence-electron chi connectivity index (χ1n) is 7.59. The Morgan fingerprint density at radius 2 is 1.96 bits per heavy atom. The van der Waals surface area contributed by atoms with Crippen molar-refractivity contribution in [1.82, 2.24) is 5.43 Å². The molecule has 2 rings (SSSR count). The molecule has 2 aromatic carbocycles. The number of rotatable bonds is 7. The minimum absolute atomic E-state index is 0.135. The number of benzene rings is 2. The first kappa shape index (κ1) is 18.5. The molecule has 0 aliphatic rings. The Bertz CT molecular complexity index is 719. The van der Waals surface area contributed by atoms with Gasteiger partial charge in [-0.25, -0.2) is 5.43 Å². The van der Waals surface area contributed by atoms with Crippen LogP contribution in [0.1, 0.15) is 18.9 Å². The third kappa shape index (κ3) is 6.34. The van der Waals surface area contributed by atoms with Crippen molar-refractivity contribution in [2.75, 3.05) is 11.9 Å². The van der Waals surface area contributed by atoms with Crippen LogP contribution in [0.2, 0.25) is 5.02 Å². The number of halogens is 2. The second-order valence-electron chi connectivity index (χ2n) is 5.35. The van der Waals surface area contributed by atoms with Crippen LogP contribution in [0.15, 0.2) is 58.1 Å². The standard InChI is InChI=1S/C18H19BrClN3O/c1-13(7-8-14-5-3-2-4-6-14)22-23-18(24)12-21-17-10-9-15(20)11-16(17)19/h2-6,9-11,21H,7-8,12H2,1H3,(H,23,24)/b22-13+. The zero-order valence-electron chi connectivity index (χ0n) is 13.4. The molecular weight excluding hydrogens is 390 g/mol. The summed E-state index contributed by atoms with van der Waals surface area (Å²) < 4.78 is 0.811. The Kier molecular flexibility index (Phi) is 7.28. The van der Waals surface area contributed by atoms with Gasteiger partial charge in [-0.2, -0.15) is 5.10 Å². The molecule has 0 radical (unpaired) electrons. The zero-order chi connectivity index (χ0) is 17.4. The molecule has 0 spiro atoms. The number of carbonyl (C=O) groups is 1. The molecular formula is C18H19BrClN3O. The number of nitrogens with zero attached hydrogens (tertiary/aromatic N) is 1. The second kappa shape index (κ2) is 9.45. The number of carbonyl (C=O) groups excluding carboxylic acids is 1. The van der Waals surface area contributed by atoms with E-state index in [1.54, 1.807) is 12.1 Å². The van der Waals surface area contributed by atoms with Gasteiger partial charge in [0.15, 0.2) is 0 Å². The highest BCUT2D eigenvalue weighted by molar-refractivity contribution is 9.10. The van der Waals surface area contributed by atoms with E-state index in [0.29, 0.717) is 5.02 Å². The first-order chi connectivity index (χ1) is 11.5. The number of aryl methyl sites for hydroxylation is 1. The van der Waals surface area contributed by atoms with E-state index in [1.807, 2.05) is 31.2 Å². The summed E-state index contributed by atoms with van der Waals surface area (Å²) in [6, 6.07) is 15.5. The van der Waals surface area contributed by atoms with Crippen molar-refractivity contribution < 1.29 is 4.79 Å². The highest BCUT2D eigenvalue weighted by atomic mass is 79.9. The number of anilines is 1. The van der Waals surface area contributed by atoms with Gasteiger partial charge in [0.25, 0.3) is 5.91 Å². The third-order valence-corrected chi connectivity index (χ3v) is 4.25. The predicted molar refractivity (Wildman–Crippen MR) is 104 cm³/mol. The predicted octanol–water partition coefficient (Wildman–Crippen LogP) is 4.64. The van der Waals surface area contributed by atoms with Crippen molar-refractivity contribution in [3.05, 3.63) is 63.6 Å². The summed E-state index contributed by atoms with van der Waals surface area (Å²) in [5.74, 6) is -0.198. The van der Waals surface area contributed by atoms with Crippen LogP contribution in [-0.4, -0.2) is 18.2 Å². The summed E-state index contributed by atoms with van der Waals surface area (Å²) in [5, 5.41) is 7.80. The average molecular weight is 409 g/mol. The largest absolute Gasteiger partial charge is 0.375 e. The Morgan fingerprint density at radius 3 is 2.67 bits per heavy atom. The lowest BCUT2D eigenvalue weighted by Crippen LogP contribution is -2.26. The summed E-state index contributed by atoms with van der Waals surface area (Å²) >= 11 is 9.28. The first-order valence-corrected chi connectivity index (χ1v) is 8.76. The van der Waals surface area contributed by atoms with Crippen molar-refractivity contribution >= 4 is 44.8 Å². The van der Waals surface area contributed by atoms with Crippen LogP contribution >= 0.6 is 27.5 Å². The molecule has 4 nitrogen and oxygen atoms in total. The van der Waals surface area contributed by atoms with Gasteiger partial charge < -0.3 is 5.32 Å². The summed E-state index contributed by atoms with van der Waals surface area (Å²) in [6.45, 7) is 2.04. The highest BCUT2D eigenvalue weighted by Gasteiger charge is 2.04. The van der Waals surface area contributed by atoms with Gasteiger partial charge >= 0.3 is 0 Å². The topological polar surface area (TPSA) is 53.5 Å². The molecule has 0 aliphatic heterocycles. The fraction of sp³-hybridized carbons (Fsp3) is 0.222. The highest BCUT2D eigenvalue weighted by Crippen LogP contribution is 2.25. The molecule has 0 saturated heterocycles. The molecule has 6 heteroatoms. The maximum atomic E-state index is 11.9. The number of hydrazone groups is 1. The van der Waals surface area contributed by atoms with E-state index in [1.165, 1.54) is 5.56 Å². The quantitative estimate of drug-likeness (QED) is 0.518. The smallest absolute Gasteiger partial charge is 0.259 e. The molecule has 0 unspecified atom stereocenters. The van der Waals surface area contributed by atoms with E-state index in [9.17, 15) is 4.79 Å². The van der Waals surface area contributed by atoms with Gasteiger partial charge in [-0.1, -0.05) is 41.9 Å². The van der Waals surface area contributed by atoms with Crippen molar-refractivity contribution in [3.63, 3.8) is 0 Å². The number of amides is 1. The SMILES string of the molecule is C/C(CCc1ccccc1)=N\NC(=O)CNc1ccc(Cl)cc1Br. The molecule has 1 amide bonds. The number of hydrogen-bond donors (Lipinski definition) is 2. The van der Waals surface area contributed by atoms with Crippen LogP contribution in [0.3, 0.4) is 0 Å². The van der Waals surface area contributed by atoms with Crippen molar-refractivity contribution in [2.24, 2.45) is 5.10 Å². The molecule has 0 bridgehead atoms. The van der Waals surface area contributed by atoms with Crippen LogP contribution in [-0.2, 0) is 11.2 Å². The van der Waals surface area contributed by atoms with Gasteiger partial charge in [-0.15, -0.1) is 0 Å². The Hall–Kier alpha value is -1.85. The van der Waals surface area contributed by atoms with Crippen LogP contribution in [0.4, 0.5) is 5.69 Å². The van der Waals surface area contributed by atoms with E-state index in [0.717, 1.165) is 28.7 Å². The van der Waals surface area contributed by atoms with Crippen molar-refractivity contribution in [1.29, 1.82) is 0 Å². The molecule has 2 N–H and O–H groups in total. The normalized spacial score (nSPS) is 11.2. The van der Waals surface area contributed by atoms with Gasteiger partial charge in [0.05, 0.1) is 6.54 Å². The van der Waals surface area contributed by atoms with Crippen molar-refractivity contribution in [3.8, 4) is 0 Å². The maximum Gasteiger partial charge on any atom is 0.259 e. The fourth-order valence-corrected chi connectivity index (χ4v) is 2.85. The summed E-state index contributed by atoms with van der Waals surface area (Å²) in [6.07, 6.45) is 1.71. The van der Waals surface area contributed by atoms with Crippen LogP contribution in [0.5, 0.6) is 0 Å². The van der Waals surface area contributed by atoms with E-state index < -0.39 is 0 Å². The van der Waals surface area contributed by atoms with Gasteiger partial charge in [0.2, 0.25) is 0 Å². The lowest BCUT2D eigenvalue weighted by atomic mass is 10.1. The van der Waals surface area contributed by atoms with Crippen LogP contribution < -0.4 is 10.7 Å². The lowest BCUT2D eigenvalue weighted by Gasteiger charge is -2.08. The summed E-state index contributed by atoms with van der Waals surface area (Å²) in [4.78, 5) is 11.9. The van der Waals surface area contributed by atoms with Crippen LogP contribution in [0.25, 0.3) is 0 Å². The average Bonchev–Trinajstić information content (AvgIpc) is 2.58. The number of nitrogens with one attached hydrogen (secondary N) is 2. The molecule has 0 fully saturated rings. The molecule has 0 heterocycles. The summed E-state index contributed by atoms with van der Waals surface area (Å²) in [5.41, 5.74) is 5.52. The van der Waals surface area contributed by atoms with Crippen LogP contribution in [0, 0.1) is 0 Å². The maximum absolute atomic E-state index is 11.9. The van der Waals surface area contributed by atoms with Gasteiger partial charge in [0.1, 0.15) is 0 Å². The fourth-order valence-electron chi connectivity index (χ4n) is 2.03. The summed E-state index contributed by atoms with van der Waals surface area (Å²) in [7, 11) is 0. The molecule has 24 heavy (non-hydrogen) atoms. The minimum Gasteiger partial charge on any atom is -0.375 e. The van der Waals surface area contributed by atoms with E-state index in [2.05, 4.69) is 43.9 Å². The van der Waals surface area contributed by atoms with Gasteiger partial charge in [-0.3, -0.25) is 4.79 Å².